The maximum atomic E-state index is 13.5. The van der Waals surface area contributed by atoms with Crippen molar-refractivity contribution >= 4 is 41.4 Å². The number of amides is 1. The molecule has 2 fully saturated rings. The molecule has 0 bridgehead atoms. The van der Waals surface area contributed by atoms with Crippen molar-refractivity contribution in [3.63, 3.8) is 0 Å². The number of rotatable bonds is 12. The van der Waals surface area contributed by atoms with Crippen LogP contribution in [0.15, 0.2) is 30.3 Å². The fourth-order valence-electron chi connectivity index (χ4n) is 4.46. The lowest BCUT2D eigenvalue weighted by atomic mass is 10.0. The summed E-state index contributed by atoms with van der Waals surface area (Å²) in [7, 11) is 0. The molecule has 1 aromatic carbocycles. The van der Waals surface area contributed by atoms with Gasteiger partial charge in [0.05, 0.1) is 16.7 Å². The highest BCUT2D eigenvalue weighted by Gasteiger charge is 2.52. The highest BCUT2D eigenvalue weighted by molar-refractivity contribution is 8.21. The molecule has 3 atom stereocenters. The Hall–Kier alpha value is -1.71. The predicted octanol–water partition coefficient (Wildman–Crippen LogP) is 3.56. The Morgan fingerprint density at radius 1 is 1.21 bits per heavy atom. The number of carbonyl (C=O) groups excluding carboxylic acids is 2. The summed E-state index contributed by atoms with van der Waals surface area (Å²) in [6.45, 7) is 4.62. The summed E-state index contributed by atoms with van der Waals surface area (Å²) in [5.74, 6) is 0.424. The molecule has 2 saturated heterocycles. The van der Waals surface area contributed by atoms with Crippen molar-refractivity contribution in [2.24, 2.45) is 0 Å². The predicted molar refractivity (Wildman–Crippen MR) is 137 cm³/mol. The van der Waals surface area contributed by atoms with Crippen LogP contribution in [0.3, 0.4) is 0 Å². The molecular formula is C25H36N2O5S2. The van der Waals surface area contributed by atoms with E-state index in [0.29, 0.717) is 32.4 Å². The largest absolute Gasteiger partial charge is 0.480 e. The maximum Gasteiger partial charge on any atom is 0.328 e. The molecule has 9 heteroatoms. The monoisotopic (exact) mass is 508 g/mol. The minimum Gasteiger partial charge on any atom is -0.480 e. The number of nitrogens with zero attached hydrogens (tertiary/aromatic N) is 1. The number of unbranched alkanes of at least 4 members (excludes halogenated alkanes) is 2. The van der Waals surface area contributed by atoms with Gasteiger partial charge in [-0.2, -0.15) is 0 Å². The molecule has 2 heterocycles. The van der Waals surface area contributed by atoms with E-state index in [-0.39, 0.29) is 16.0 Å². The highest BCUT2D eigenvalue weighted by atomic mass is 32.2. The lowest BCUT2D eigenvalue weighted by molar-refractivity contribution is -0.154. The lowest BCUT2D eigenvalue weighted by Crippen LogP contribution is -2.53. The van der Waals surface area contributed by atoms with Crippen LogP contribution in [0.25, 0.3) is 0 Å². The first-order valence-electron chi connectivity index (χ1n) is 12.1. The number of likely N-dealkylation sites (tertiary alicyclic amines) is 1. The first-order valence-corrected chi connectivity index (χ1v) is 14.1. The van der Waals surface area contributed by atoms with Crippen molar-refractivity contribution in [3.05, 3.63) is 35.9 Å². The fraction of sp³-hybridized carbons (Fsp3) is 0.640. The number of carboxylic acids is 1. The van der Waals surface area contributed by atoms with Crippen LogP contribution in [0.5, 0.6) is 0 Å². The first-order chi connectivity index (χ1) is 16.3. The minimum absolute atomic E-state index is 0.179. The van der Waals surface area contributed by atoms with Crippen molar-refractivity contribution in [2.45, 2.75) is 74.6 Å². The second kappa shape index (κ2) is 12.8. The van der Waals surface area contributed by atoms with E-state index in [9.17, 15) is 19.5 Å². The maximum absolute atomic E-state index is 13.5. The van der Waals surface area contributed by atoms with E-state index in [4.69, 9.17) is 4.74 Å². The number of hydrogen-bond donors (Lipinski definition) is 2. The number of ether oxygens (including phenoxy) is 1. The number of benzene rings is 1. The van der Waals surface area contributed by atoms with Crippen LogP contribution < -0.4 is 5.32 Å². The van der Waals surface area contributed by atoms with Gasteiger partial charge in [-0.25, -0.2) is 4.79 Å². The van der Waals surface area contributed by atoms with E-state index >= 15 is 0 Å². The molecule has 0 saturated carbocycles. The molecular weight excluding hydrogens is 472 g/mol. The molecule has 1 aromatic rings. The van der Waals surface area contributed by atoms with Crippen molar-refractivity contribution in [1.82, 2.24) is 10.2 Å². The smallest absolute Gasteiger partial charge is 0.328 e. The second-order valence-electron chi connectivity index (χ2n) is 8.97. The molecule has 0 aliphatic carbocycles. The lowest BCUT2D eigenvalue weighted by Gasteiger charge is -2.28. The Kier molecular flexibility index (Phi) is 10.2. The third kappa shape index (κ3) is 7.15. The summed E-state index contributed by atoms with van der Waals surface area (Å²) in [5, 5.41) is 12.7. The van der Waals surface area contributed by atoms with Crippen molar-refractivity contribution in [2.75, 3.05) is 24.7 Å². The van der Waals surface area contributed by atoms with Gasteiger partial charge in [0.1, 0.15) is 12.1 Å². The molecule has 3 unspecified atom stereocenters. The number of esters is 1. The highest BCUT2D eigenvalue weighted by Crippen LogP contribution is 2.52. The number of hydrogen-bond acceptors (Lipinski definition) is 7. The van der Waals surface area contributed by atoms with Crippen LogP contribution in [0, 0.1) is 0 Å². The van der Waals surface area contributed by atoms with Gasteiger partial charge in [0, 0.05) is 24.5 Å². The Balaban J connectivity index is 1.64. The van der Waals surface area contributed by atoms with Gasteiger partial charge in [0.2, 0.25) is 5.91 Å². The average molecular weight is 509 g/mol. The molecule has 1 amide bonds. The summed E-state index contributed by atoms with van der Waals surface area (Å²) in [5.41, 5.74) is 1.05. The van der Waals surface area contributed by atoms with Gasteiger partial charge >= 0.3 is 11.9 Å². The molecule has 188 valence electrons. The van der Waals surface area contributed by atoms with Gasteiger partial charge in [-0.3, -0.25) is 14.9 Å². The standard InChI is InChI=1S/C25H36N2O5S2/c1-3-4-8-13-32-24(31)21-16-25(33-14-15-34-25)17-27(21)22(28)18(2)26-20(23(29)30)12-11-19-9-6-5-7-10-19/h5-7,9-10,18,20-21,26H,3-4,8,11-17H2,1-2H3,(H,29,30). The van der Waals surface area contributed by atoms with Crippen molar-refractivity contribution in [1.29, 1.82) is 0 Å². The van der Waals surface area contributed by atoms with Gasteiger partial charge in [-0.15, -0.1) is 23.5 Å². The van der Waals surface area contributed by atoms with Gasteiger partial charge in [-0.1, -0.05) is 50.1 Å². The summed E-state index contributed by atoms with van der Waals surface area (Å²) >= 11 is 3.62. The van der Waals surface area contributed by atoms with E-state index in [1.54, 1.807) is 11.8 Å². The number of aliphatic carboxylic acids is 1. The number of carboxylic acid groups (broad SMARTS) is 1. The third-order valence-electron chi connectivity index (χ3n) is 6.34. The molecule has 2 aliphatic heterocycles. The van der Waals surface area contributed by atoms with Gasteiger partial charge in [-0.05, 0) is 31.7 Å². The number of carbonyl (C=O) groups is 3. The SMILES string of the molecule is CCCCCOC(=O)C1CC2(CN1C(=O)C(C)NC(CCc1ccccc1)C(=O)O)SCCS2. The molecule has 2 aliphatic rings. The summed E-state index contributed by atoms with van der Waals surface area (Å²) in [6.07, 6.45) is 4.39. The first kappa shape index (κ1) is 26.9. The van der Waals surface area contributed by atoms with Crippen LogP contribution >= 0.6 is 23.5 Å². The van der Waals surface area contributed by atoms with E-state index in [0.717, 1.165) is 36.3 Å². The molecule has 0 aromatic heterocycles. The quantitative estimate of drug-likeness (QED) is 0.327. The van der Waals surface area contributed by atoms with E-state index < -0.39 is 24.1 Å². The second-order valence-corrected chi connectivity index (χ2v) is 12.2. The zero-order valence-electron chi connectivity index (χ0n) is 20.0. The van der Waals surface area contributed by atoms with Gasteiger partial charge in [0.25, 0.3) is 0 Å². The Morgan fingerprint density at radius 2 is 1.91 bits per heavy atom. The van der Waals surface area contributed by atoms with E-state index in [1.807, 2.05) is 53.9 Å². The summed E-state index contributed by atoms with van der Waals surface area (Å²) < 4.78 is 5.35. The van der Waals surface area contributed by atoms with Crippen molar-refractivity contribution in [3.8, 4) is 0 Å². The summed E-state index contributed by atoms with van der Waals surface area (Å²) in [4.78, 5) is 39.9. The number of nitrogens with one attached hydrogen (secondary N) is 1. The van der Waals surface area contributed by atoms with Crippen LogP contribution in [0.4, 0.5) is 0 Å². The topological polar surface area (TPSA) is 95.9 Å². The van der Waals surface area contributed by atoms with Crippen LogP contribution in [0.2, 0.25) is 0 Å². The zero-order valence-corrected chi connectivity index (χ0v) is 21.7. The molecule has 2 N–H and O–H groups in total. The average Bonchev–Trinajstić information content (AvgIpc) is 3.46. The number of thioether (sulfide) groups is 2. The van der Waals surface area contributed by atoms with Gasteiger partial charge in [0.15, 0.2) is 0 Å². The minimum atomic E-state index is -0.984. The Labute approximate surface area is 210 Å². The molecule has 1 spiro atoms. The van der Waals surface area contributed by atoms with E-state index in [1.165, 1.54) is 0 Å². The Bertz CT molecular complexity index is 832. The molecule has 34 heavy (non-hydrogen) atoms. The fourth-order valence-corrected chi connectivity index (χ4v) is 7.72. The number of aryl methyl sites for hydroxylation is 1. The van der Waals surface area contributed by atoms with Crippen molar-refractivity contribution < 1.29 is 24.2 Å². The van der Waals surface area contributed by atoms with E-state index in [2.05, 4.69) is 12.2 Å². The van der Waals surface area contributed by atoms with Gasteiger partial charge < -0.3 is 14.7 Å². The third-order valence-corrected chi connectivity index (χ3v) is 9.76. The Morgan fingerprint density at radius 3 is 2.56 bits per heavy atom. The molecule has 0 radical (unpaired) electrons. The van der Waals surface area contributed by atoms with Crippen LogP contribution in [-0.2, 0) is 25.5 Å². The normalized spacial score (nSPS) is 20.9. The molecule has 3 rings (SSSR count). The summed E-state index contributed by atoms with van der Waals surface area (Å²) in [6, 6.07) is 7.50. The van der Waals surface area contributed by atoms with Crippen LogP contribution in [-0.4, -0.2) is 74.7 Å². The van der Waals surface area contributed by atoms with Crippen LogP contribution in [0.1, 0.15) is 51.5 Å². The zero-order chi connectivity index (χ0) is 24.6. The molecule has 7 nitrogen and oxygen atoms in total.